The van der Waals surface area contributed by atoms with E-state index in [9.17, 15) is 27.6 Å². The molecule has 1 unspecified atom stereocenters. The van der Waals surface area contributed by atoms with Gasteiger partial charge in [0.2, 0.25) is 33.6 Å². The van der Waals surface area contributed by atoms with Crippen LogP contribution in [0.5, 0.6) is 5.88 Å². The molecule has 13 heteroatoms. The molecule has 1 saturated heterocycles. The summed E-state index contributed by atoms with van der Waals surface area (Å²) in [7, 11) is -3.87. The molecule has 12 nitrogen and oxygen atoms in total. The van der Waals surface area contributed by atoms with E-state index in [4.69, 9.17) is 4.74 Å². The Bertz CT molecular complexity index is 1720. The molecule has 0 spiro atoms. The fourth-order valence-corrected chi connectivity index (χ4v) is 7.61. The lowest BCUT2D eigenvalue weighted by atomic mass is 9.84. The molecule has 3 fully saturated rings. The number of likely N-dealkylation sites (tertiary alicyclic amines) is 1. The smallest absolute Gasteiger partial charge is 0.259 e. The highest BCUT2D eigenvalue weighted by Crippen LogP contribution is 2.45. The van der Waals surface area contributed by atoms with Crippen molar-refractivity contribution in [1.82, 2.24) is 25.2 Å². The second-order valence-electron chi connectivity index (χ2n) is 15.6. The molecule has 48 heavy (non-hydrogen) atoms. The normalized spacial score (nSPS) is 24.8. The van der Waals surface area contributed by atoms with Gasteiger partial charge >= 0.3 is 0 Å². The Morgan fingerprint density at radius 2 is 1.79 bits per heavy atom. The molecule has 3 aliphatic rings. The van der Waals surface area contributed by atoms with Crippen LogP contribution in [0.25, 0.3) is 10.8 Å². The zero-order valence-corrected chi connectivity index (χ0v) is 29.4. The molecule has 1 aromatic heterocycles. The number of aromatic nitrogens is 1. The van der Waals surface area contributed by atoms with Crippen molar-refractivity contribution < 1.29 is 32.3 Å². The minimum absolute atomic E-state index is 0.0175. The Kier molecular flexibility index (Phi) is 9.41. The van der Waals surface area contributed by atoms with Gasteiger partial charge in [-0.2, -0.15) is 0 Å². The van der Waals surface area contributed by atoms with Crippen molar-refractivity contribution in [3.63, 3.8) is 0 Å². The molecule has 2 aromatic rings. The summed E-state index contributed by atoms with van der Waals surface area (Å²) >= 11 is 0. The summed E-state index contributed by atoms with van der Waals surface area (Å²) in [5, 5.41) is 6.78. The number of fused-ring (bicyclic) bond motifs is 1. The van der Waals surface area contributed by atoms with Crippen LogP contribution in [0.3, 0.4) is 0 Å². The first kappa shape index (κ1) is 35.3. The molecule has 4 amide bonds. The number of hydrogen-bond donors (Lipinski definition) is 3. The highest BCUT2D eigenvalue weighted by molar-refractivity contribution is 7.91. The van der Waals surface area contributed by atoms with E-state index in [1.165, 1.54) is 11.0 Å². The summed E-state index contributed by atoms with van der Waals surface area (Å²) in [6.07, 6.45) is 3.87. The largest absolute Gasteiger partial charge is 0.472 e. The quantitative estimate of drug-likeness (QED) is 0.305. The van der Waals surface area contributed by atoms with Crippen molar-refractivity contribution in [3.8, 4) is 5.88 Å². The predicted molar refractivity (Wildman–Crippen MR) is 181 cm³/mol. The van der Waals surface area contributed by atoms with Gasteiger partial charge in [-0.3, -0.25) is 23.9 Å². The van der Waals surface area contributed by atoms with Crippen LogP contribution in [0.15, 0.2) is 49.2 Å². The van der Waals surface area contributed by atoms with E-state index in [-0.39, 0.29) is 37.1 Å². The van der Waals surface area contributed by atoms with Crippen molar-refractivity contribution in [1.29, 1.82) is 0 Å². The summed E-state index contributed by atoms with van der Waals surface area (Å²) in [5.41, 5.74) is -2.55. The van der Waals surface area contributed by atoms with Crippen molar-refractivity contribution >= 4 is 44.4 Å². The van der Waals surface area contributed by atoms with Gasteiger partial charge in [0.05, 0.1) is 11.8 Å². The van der Waals surface area contributed by atoms with E-state index in [2.05, 4.69) is 26.9 Å². The highest BCUT2D eigenvalue weighted by Gasteiger charge is 2.62. The number of hydrogen-bond acceptors (Lipinski definition) is 8. The number of carbonyl (C=O) groups excluding carboxylic acids is 4. The first-order chi connectivity index (χ1) is 22.3. The van der Waals surface area contributed by atoms with Crippen LogP contribution in [0.1, 0.15) is 73.6 Å². The maximum Gasteiger partial charge on any atom is 0.259 e. The van der Waals surface area contributed by atoms with Crippen molar-refractivity contribution in [2.45, 2.75) is 103 Å². The molecule has 5 rings (SSSR count). The van der Waals surface area contributed by atoms with Crippen LogP contribution in [-0.2, 0) is 29.2 Å². The predicted octanol–water partition coefficient (Wildman–Crippen LogP) is 3.22. The van der Waals surface area contributed by atoms with Crippen LogP contribution in [0.2, 0.25) is 0 Å². The van der Waals surface area contributed by atoms with Crippen LogP contribution in [0.4, 0.5) is 0 Å². The van der Waals surface area contributed by atoms with E-state index in [0.717, 1.165) is 10.8 Å². The fraction of sp³-hybridized carbons (Fsp3) is 0.571. The SMILES string of the molecule is C=C[C@@H]1C[C@]1(NC(=O)[C@@H]1C[C@@H](Oc2nccc3ccccc23)CN1C(=O)C(NC(=O)CC(C)(C)C)C(C)(C)C)C(=O)NS(=O)(=O)C1CC1. The second-order valence-corrected chi connectivity index (χ2v) is 17.6. The average molecular weight is 682 g/mol. The average Bonchev–Trinajstić information content (AvgIpc) is 3.91. The molecule has 2 heterocycles. The third-order valence-corrected chi connectivity index (χ3v) is 10.9. The number of amides is 4. The van der Waals surface area contributed by atoms with Gasteiger partial charge in [-0.05, 0) is 47.6 Å². The Balaban J connectivity index is 1.43. The van der Waals surface area contributed by atoms with Gasteiger partial charge in [0.25, 0.3) is 5.91 Å². The maximum atomic E-state index is 14.4. The number of sulfonamides is 1. The number of rotatable bonds is 11. The molecule has 1 aromatic carbocycles. The monoisotopic (exact) mass is 681 g/mol. The summed E-state index contributed by atoms with van der Waals surface area (Å²) in [6, 6.07) is 7.37. The fourth-order valence-electron chi connectivity index (χ4n) is 6.25. The van der Waals surface area contributed by atoms with E-state index < -0.39 is 68.1 Å². The zero-order valence-electron chi connectivity index (χ0n) is 28.5. The standard InChI is InChI=1S/C35H47N5O7S/c1-8-22-18-35(22,32(44)39-48(45,46)24-13-14-24)38-29(42)26-17-23(47-30-25-12-10-9-11-21(25)15-16-36-30)20-40(26)31(43)28(34(5,6)7)37-27(41)19-33(2,3)4/h8-12,15-16,22-24,26,28H,1,13-14,17-20H2,2-7H3,(H,37,41)(H,38,42)(H,39,44)/t22-,23-,26+,28?,35-/m1/s1. The molecule has 2 aliphatic carbocycles. The van der Waals surface area contributed by atoms with Crippen molar-refractivity contribution in [2.24, 2.45) is 16.7 Å². The number of nitrogens with one attached hydrogen (secondary N) is 3. The van der Waals surface area contributed by atoms with Gasteiger partial charge in [0, 0.05) is 30.3 Å². The van der Waals surface area contributed by atoms with Crippen molar-refractivity contribution in [2.75, 3.05) is 6.54 Å². The van der Waals surface area contributed by atoms with Gasteiger partial charge in [-0.1, -0.05) is 65.8 Å². The number of nitrogens with zero attached hydrogens (tertiary/aromatic N) is 2. The molecule has 0 bridgehead atoms. The Hall–Kier alpha value is -4.00. The van der Waals surface area contributed by atoms with E-state index in [1.807, 2.05) is 71.9 Å². The van der Waals surface area contributed by atoms with Gasteiger partial charge in [0.1, 0.15) is 23.7 Å². The topological polar surface area (TPSA) is 164 Å². The molecular formula is C35H47N5O7S. The molecule has 5 atom stereocenters. The van der Waals surface area contributed by atoms with E-state index >= 15 is 0 Å². The molecule has 1 aliphatic heterocycles. The lowest BCUT2D eigenvalue weighted by Crippen LogP contribution is -2.60. The molecule has 3 N–H and O–H groups in total. The van der Waals surface area contributed by atoms with Gasteiger partial charge in [-0.25, -0.2) is 13.4 Å². The minimum atomic E-state index is -3.87. The summed E-state index contributed by atoms with van der Waals surface area (Å²) in [4.78, 5) is 60.9. The third-order valence-electron chi connectivity index (χ3n) is 9.12. The van der Waals surface area contributed by atoms with Crippen LogP contribution < -0.4 is 20.1 Å². The molecule has 0 radical (unpaired) electrons. The first-order valence-corrected chi connectivity index (χ1v) is 18.0. The summed E-state index contributed by atoms with van der Waals surface area (Å²) < 4.78 is 33.8. The summed E-state index contributed by atoms with van der Waals surface area (Å²) in [6.45, 7) is 15.1. The number of pyridine rings is 1. The lowest BCUT2D eigenvalue weighted by molar-refractivity contribution is -0.144. The van der Waals surface area contributed by atoms with Gasteiger partial charge in [-0.15, -0.1) is 6.58 Å². The minimum Gasteiger partial charge on any atom is -0.472 e. The third kappa shape index (κ3) is 7.66. The number of benzene rings is 1. The maximum absolute atomic E-state index is 14.4. The number of ether oxygens (including phenoxy) is 1. The van der Waals surface area contributed by atoms with Crippen LogP contribution >= 0.6 is 0 Å². The van der Waals surface area contributed by atoms with Gasteiger partial charge in [0.15, 0.2) is 0 Å². The van der Waals surface area contributed by atoms with E-state index in [1.54, 1.807) is 6.20 Å². The Morgan fingerprint density at radius 3 is 2.40 bits per heavy atom. The lowest BCUT2D eigenvalue weighted by Gasteiger charge is -2.36. The second kappa shape index (κ2) is 12.8. The Labute approximate surface area is 282 Å². The highest BCUT2D eigenvalue weighted by atomic mass is 32.2. The molecule has 260 valence electrons. The number of carbonyl (C=O) groups is 4. The van der Waals surface area contributed by atoms with Crippen LogP contribution in [0, 0.1) is 16.7 Å². The summed E-state index contributed by atoms with van der Waals surface area (Å²) in [5.74, 6) is -2.34. The molecule has 2 saturated carbocycles. The first-order valence-electron chi connectivity index (χ1n) is 16.5. The Morgan fingerprint density at radius 1 is 1.10 bits per heavy atom. The van der Waals surface area contributed by atoms with Crippen molar-refractivity contribution in [3.05, 3.63) is 49.2 Å². The zero-order chi connectivity index (χ0) is 35.2. The van der Waals surface area contributed by atoms with Crippen LogP contribution in [-0.4, -0.2) is 77.5 Å². The molecular weight excluding hydrogens is 634 g/mol. The van der Waals surface area contributed by atoms with Gasteiger partial charge < -0.3 is 20.3 Å². The van der Waals surface area contributed by atoms with E-state index in [0.29, 0.717) is 18.7 Å².